The first-order chi connectivity index (χ1) is 14.7. The second kappa shape index (κ2) is 8.37. The van der Waals surface area contributed by atoms with Gasteiger partial charge in [-0.2, -0.15) is 0 Å². The van der Waals surface area contributed by atoms with Crippen molar-refractivity contribution in [3.63, 3.8) is 0 Å². The topological polar surface area (TPSA) is 92.7 Å². The first-order valence-corrected chi connectivity index (χ1v) is 11.9. The van der Waals surface area contributed by atoms with Crippen LogP contribution in [0, 0.1) is 23.4 Å². The molecule has 0 bridgehead atoms. The molecule has 1 fully saturated rings. The molecule has 31 heavy (non-hydrogen) atoms. The highest BCUT2D eigenvalue weighted by Gasteiger charge is 2.39. The zero-order chi connectivity index (χ0) is 22.4. The van der Waals surface area contributed by atoms with Gasteiger partial charge in [0.25, 0.3) is 5.91 Å². The van der Waals surface area contributed by atoms with E-state index in [1.807, 2.05) is 0 Å². The largest absolute Gasteiger partial charge is 0.489 e. The van der Waals surface area contributed by atoms with Crippen LogP contribution < -0.4 is 14.8 Å². The SMILES string of the molecule is Cn1cc2c(c1C(=O)Nc1cc(F)c(F)c(F)c1)OCC1CN(S(C)=O)CC1NS2=O. The number of halogens is 3. The summed E-state index contributed by atoms with van der Waals surface area (Å²) < 4.78 is 76.8. The summed E-state index contributed by atoms with van der Waals surface area (Å²) in [4.78, 5) is 13.1. The number of ether oxygens (including phenoxy) is 1. The molecular formula is C18H19F3N4O4S2. The Kier molecular flexibility index (Phi) is 5.94. The number of rotatable bonds is 3. The molecule has 2 N–H and O–H groups in total. The summed E-state index contributed by atoms with van der Waals surface area (Å²) in [5.74, 6) is -5.33. The summed E-state index contributed by atoms with van der Waals surface area (Å²) in [7, 11) is -1.36. The number of fused-ring (bicyclic) bond motifs is 2. The molecule has 4 rings (SSSR count). The summed E-state index contributed by atoms with van der Waals surface area (Å²) in [6.07, 6.45) is 3.03. The van der Waals surface area contributed by atoms with Gasteiger partial charge in [0.1, 0.15) is 15.9 Å². The van der Waals surface area contributed by atoms with Crippen LogP contribution >= 0.6 is 0 Å². The van der Waals surface area contributed by atoms with E-state index < -0.39 is 45.3 Å². The molecule has 8 nitrogen and oxygen atoms in total. The molecule has 13 heteroatoms. The van der Waals surface area contributed by atoms with Gasteiger partial charge < -0.3 is 14.6 Å². The molecule has 1 amide bonds. The molecule has 4 unspecified atom stereocenters. The van der Waals surface area contributed by atoms with Crippen molar-refractivity contribution >= 4 is 33.6 Å². The molecule has 168 valence electrons. The lowest BCUT2D eigenvalue weighted by molar-refractivity contribution is 0.101. The van der Waals surface area contributed by atoms with Crippen molar-refractivity contribution in [1.29, 1.82) is 0 Å². The number of benzene rings is 1. The standard InChI is InChI=1S/C18H19F3N4O4S2/c1-24-7-14-17(16(24)18(26)22-10-3-11(19)15(21)12(20)4-10)29-8-9-5-25(30(2)27)6-13(9)23-31(14)28/h3-4,7,9,13,23H,5-6,8H2,1-2H3,(H,22,26). The smallest absolute Gasteiger partial charge is 0.276 e. The number of anilines is 1. The molecule has 1 saturated heterocycles. The molecule has 3 heterocycles. The number of carbonyl (C=O) groups excluding carboxylic acids is 1. The summed E-state index contributed by atoms with van der Waals surface area (Å²) in [6.45, 7) is 1.09. The Balaban J connectivity index is 1.62. The number of amides is 1. The molecule has 0 saturated carbocycles. The third-order valence-electron chi connectivity index (χ3n) is 5.23. The lowest BCUT2D eigenvalue weighted by Gasteiger charge is -2.23. The molecule has 2 aliphatic heterocycles. The van der Waals surface area contributed by atoms with Crippen LogP contribution in [0.1, 0.15) is 10.5 Å². The van der Waals surface area contributed by atoms with Crippen LogP contribution in [0.5, 0.6) is 5.75 Å². The number of aryl methyl sites for hydroxylation is 1. The molecule has 0 aliphatic carbocycles. The minimum atomic E-state index is -1.72. The highest BCUT2D eigenvalue weighted by molar-refractivity contribution is 7.83. The monoisotopic (exact) mass is 476 g/mol. The van der Waals surface area contributed by atoms with Crippen molar-refractivity contribution in [1.82, 2.24) is 13.6 Å². The molecule has 2 aliphatic rings. The molecule has 2 aromatic rings. The molecule has 1 aromatic heterocycles. The van der Waals surface area contributed by atoms with Gasteiger partial charge in [0, 0.05) is 62.4 Å². The van der Waals surface area contributed by atoms with E-state index >= 15 is 0 Å². The predicted molar refractivity (Wildman–Crippen MR) is 108 cm³/mol. The van der Waals surface area contributed by atoms with Gasteiger partial charge in [-0.1, -0.05) is 0 Å². The molecule has 1 aromatic carbocycles. The second-order valence-electron chi connectivity index (χ2n) is 7.32. The normalized spacial score (nSPS) is 24.5. The number of hydrogen-bond donors (Lipinski definition) is 2. The first-order valence-electron chi connectivity index (χ1n) is 9.20. The highest BCUT2D eigenvalue weighted by atomic mass is 32.2. The fourth-order valence-corrected chi connectivity index (χ4v) is 5.68. The summed E-state index contributed by atoms with van der Waals surface area (Å²) >= 11 is 0. The molecular weight excluding hydrogens is 457 g/mol. The van der Waals surface area contributed by atoms with Crippen LogP contribution in [-0.4, -0.2) is 55.2 Å². The van der Waals surface area contributed by atoms with Gasteiger partial charge in [-0.05, 0) is 0 Å². The molecule has 4 atom stereocenters. The van der Waals surface area contributed by atoms with E-state index in [-0.39, 0.29) is 40.6 Å². The average Bonchev–Trinajstić information content (AvgIpc) is 3.23. The minimum absolute atomic E-state index is 0.0114. The van der Waals surface area contributed by atoms with Crippen molar-refractivity contribution in [2.75, 3.05) is 31.3 Å². The maximum atomic E-state index is 13.5. The van der Waals surface area contributed by atoms with Crippen molar-refractivity contribution in [2.24, 2.45) is 13.0 Å². The van der Waals surface area contributed by atoms with Crippen molar-refractivity contribution < 1.29 is 31.1 Å². The predicted octanol–water partition coefficient (Wildman–Crippen LogP) is 1.29. The Labute approximate surface area is 180 Å². The van der Waals surface area contributed by atoms with E-state index in [1.54, 1.807) is 10.6 Å². The zero-order valence-electron chi connectivity index (χ0n) is 16.5. The Bertz CT molecular complexity index is 1090. The van der Waals surface area contributed by atoms with Crippen LogP contribution in [0.25, 0.3) is 0 Å². The summed E-state index contributed by atoms with van der Waals surface area (Å²) in [5, 5.41) is 2.31. The number of nitrogens with zero attached hydrogens (tertiary/aromatic N) is 2. The van der Waals surface area contributed by atoms with E-state index in [1.165, 1.54) is 17.8 Å². The Hall–Kier alpha value is -2.22. The second-order valence-corrected chi connectivity index (χ2v) is 9.90. The van der Waals surface area contributed by atoms with Crippen molar-refractivity contribution in [2.45, 2.75) is 10.9 Å². The first kappa shape index (κ1) is 22.0. The van der Waals surface area contributed by atoms with E-state index in [4.69, 9.17) is 4.74 Å². The quantitative estimate of drug-likeness (QED) is 0.654. The summed E-state index contributed by atoms with van der Waals surface area (Å²) in [6, 6.07) is 1.11. The Morgan fingerprint density at radius 2 is 1.97 bits per heavy atom. The maximum Gasteiger partial charge on any atom is 0.276 e. The highest BCUT2D eigenvalue weighted by Crippen LogP contribution is 2.33. The number of carbonyl (C=O) groups is 1. The van der Waals surface area contributed by atoms with Gasteiger partial charge in [0.15, 0.2) is 28.9 Å². The van der Waals surface area contributed by atoms with Gasteiger partial charge in [-0.3, -0.25) is 4.79 Å². The van der Waals surface area contributed by atoms with E-state index in [2.05, 4.69) is 10.0 Å². The minimum Gasteiger partial charge on any atom is -0.489 e. The van der Waals surface area contributed by atoms with Crippen molar-refractivity contribution in [3.05, 3.63) is 41.5 Å². The fraction of sp³-hybridized carbons (Fsp3) is 0.389. The number of aromatic nitrogens is 1. The Morgan fingerprint density at radius 3 is 2.61 bits per heavy atom. The van der Waals surface area contributed by atoms with Crippen LogP contribution in [-0.2, 0) is 29.0 Å². The average molecular weight is 477 g/mol. The van der Waals surface area contributed by atoms with Gasteiger partial charge in [-0.25, -0.2) is 30.6 Å². The van der Waals surface area contributed by atoms with E-state index in [9.17, 15) is 26.4 Å². The number of hydrogen-bond acceptors (Lipinski definition) is 4. The summed E-state index contributed by atoms with van der Waals surface area (Å²) in [5.41, 5.74) is -0.291. The van der Waals surface area contributed by atoms with E-state index in [0.717, 1.165) is 0 Å². The lowest BCUT2D eigenvalue weighted by atomic mass is 10.1. The fourth-order valence-electron chi connectivity index (χ4n) is 3.66. The number of nitrogens with one attached hydrogen (secondary N) is 2. The van der Waals surface area contributed by atoms with Crippen LogP contribution in [0.3, 0.4) is 0 Å². The van der Waals surface area contributed by atoms with Gasteiger partial charge in [0.05, 0.1) is 17.6 Å². The van der Waals surface area contributed by atoms with Crippen molar-refractivity contribution in [3.8, 4) is 5.75 Å². The lowest BCUT2D eigenvalue weighted by Crippen LogP contribution is -2.41. The maximum absolute atomic E-state index is 13.5. The van der Waals surface area contributed by atoms with Gasteiger partial charge >= 0.3 is 0 Å². The molecule has 0 radical (unpaired) electrons. The van der Waals surface area contributed by atoms with Crippen LogP contribution in [0.2, 0.25) is 0 Å². The third kappa shape index (κ3) is 4.14. The Morgan fingerprint density at radius 1 is 1.29 bits per heavy atom. The zero-order valence-corrected chi connectivity index (χ0v) is 18.1. The van der Waals surface area contributed by atoms with Gasteiger partial charge in [0.2, 0.25) is 0 Å². The van der Waals surface area contributed by atoms with E-state index in [0.29, 0.717) is 25.2 Å². The molecule has 0 spiro atoms. The third-order valence-corrected chi connectivity index (χ3v) is 7.46. The van der Waals surface area contributed by atoms with Crippen LogP contribution in [0.4, 0.5) is 18.9 Å². The van der Waals surface area contributed by atoms with Crippen LogP contribution in [0.15, 0.2) is 23.2 Å². The van der Waals surface area contributed by atoms with Gasteiger partial charge in [-0.15, -0.1) is 0 Å².